The summed E-state index contributed by atoms with van der Waals surface area (Å²) < 4.78 is 0. The minimum Gasteiger partial charge on any atom is -0.338 e. The molecule has 4 aromatic rings. The minimum atomic E-state index is -0.938. The molecule has 2 amide bonds. The van der Waals surface area contributed by atoms with Gasteiger partial charge in [-0.05, 0) is 92.2 Å². The highest BCUT2D eigenvalue weighted by Gasteiger charge is 2.35. The van der Waals surface area contributed by atoms with Crippen LogP contribution in [0.15, 0.2) is 60.9 Å². The summed E-state index contributed by atoms with van der Waals surface area (Å²) >= 11 is 0. The fourth-order valence-electron chi connectivity index (χ4n) is 6.26. The summed E-state index contributed by atoms with van der Waals surface area (Å²) in [5.74, 6) is 0.621. The number of nitrogens with two attached hydrogens (primary N) is 2. The number of anilines is 2. The number of aromatic amines is 1. The van der Waals surface area contributed by atoms with Crippen molar-refractivity contribution in [2.45, 2.75) is 38.1 Å². The number of H-pyrrole nitrogens is 1. The van der Waals surface area contributed by atoms with Crippen molar-refractivity contribution in [1.82, 2.24) is 35.5 Å². The lowest BCUT2D eigenvalue weighted by atomic mass is 9.81. The van der Waals surface area contributed by atoms with Crippen LogP contribution in [0.3, 0.4) is 0 Å². The van der Waals surface area contributed by atoms with Gasteiger partial charge < -0.3 is 21.3 Å². The number of nitrogens with one attached hydrogen (secondary N) is 1. The minimum absolute atomic E-state index is 0. The highest BCUT2D eigenvalue weighted by Crippen LogP contribution is 2.32. The smallest absolute Gasteiger partial charge is 0.251 e. The molecule has 1 aliphatic carbocycles. The lowest BCUT2D eigenvalue weighted by molar-refractivity contribution is -0.130. The Labute approximate surface area is 280 Å². The molecule has 0 bridgehead atoms. The molecule has 1 saturated carbocycles. The van der Waals surface area contributed by atoms with E-state index in [2.05, 4.69) is 47.4 Å². The molecule has 3 heterocycles. The van der Waals surface area contributed by atoms with Crippen molar-refractivity contribution in [3.8, 4) is 22.5 Å². The summed E-state index contributed by atoms with van der Waals surface area (Å²) in [7, 11) is 2.12. The molecular weight excluding hydrogens is 618 g/mol. The SMILES string of the molecule is CN1CCN(c2ncc(-c3cccc(C[C@H](N)C(=O)N(C(=O)C4CCC(CN)CC4)c4ccc(-c5nn[nH]n5)cc4)c3)cn2)CC1.Cl. The van der Waals surface area contributed by atoms with Crippen LogP contribution in [0.1, 0.15) is 31.2 Å². The zero-order valence-corrected chi connectivity index (χ0v) is 27.4. The lowest BCUT2D eigenvalue weighted by Gasteiger charge is -2.32. The van der Waals surface area contributed by atoms with E-state index in [4.69, 9.17) is 11.5 Å². The molecule has 248 valence electrons. The van der Waals surface area contributed by atoms with E-state index in [1.807, 2.05) is 36.7 Å². The third-order valence-corrected chi connectivity index (χ3v) is 9.16. The number of likely N-dealkylation sites (N-methyl/N-ethyl adjacent to an activating group) is 1. The Balaban J connectivity index is 0.00000433. The van der Waals surface area contributed by atoms with Crippen LogP contribution in [0.25, 0.3) is 22.5 Å². The Morgan fingerprint density at radius 1 is 0.957 bits per heavy atom. The number of hydrogen-bond donors (Lipinski definition) is 3. The largest absolute Gasteiger partial charge is 0.338 e. The van der Waals surface area contributed by atoms with Gasteiger partial charge in [0.15, 0.2) is 0 Å². The van der Waals surface area contributed by atoms with Gasteiger partial charge in [0.25, 0.3) is 5.91 Å². The van der Waals surface area contributed by atoms with Gasteiger partial charge in [0.2, 0.25) is 17.7 Å². The molecule has 2 aliphatic rings. The van der Waals surface area contributed by atoms with E-state index < -0.39 is 11.9 Å². The van der Waals surface area contributed by atoms with E-state index >= 15 is 0 Å². The maximum Gasteiger partial charge on any atom is 0.251 e. The number of benzene rings is 2. The van der Waals surface area contributed by atoms with Crippen LogP contribution in [0.5, 0.6) is 0 Å². The van der Waals surface area contributed by atoms with E-state index in [1.165, 1.54) is 4.90 Å². The molecule has 2 aromatic heterocycles. The van der Waals surface area contributed by atoms with Gasteiger partial charge in [0.1, 0.15) is 0 Å². The number of piperazine rings is 1. The van der Waals surface area contributed by atoms with E-state index in [-0.39, 0.29) is 30.7 Å². The van der Waals surface area contributed by atoms with Crippen LogP contribution >= 0.6 is 12.4 Å². The first-order chi connectivity index (χ1) is 22.4. The van der Waals surface area contributed by atoms with Gasteiger partial charge >= 0.3 is 0 Å². The van der Waals surface area contributed by atoms with Gasteiger partial charge in [-0.2, -0.15) is 5.21 Å². The molecule has 0 unspecified atom stereocenters. The number of carbonyl (C=O) groups is 2. The number of halogens is 1. The van der Waals surface area contributed by atoms with Crippen molar-refractivity contribution in [2.24, 2.45) is 23.3 Å². The van der Waals surface area contributed by atoms with E-state index in [1.54, 1.807) is 24.3 Å². The number of imide groups is 1. The van der Waals surface area contributed by atoms with Crippen molar-refractivity contribution in [3.05, 3.63) is 66.5 Å². The number of carbonyl (C=O) groups excluding carboxylic acids is 2. The number of amides is 2. The van der Waals surface area contributed by atoms with Gasteiger partial charge in [-0.3, -0.25) is 9.59 Å². The Morgan fingerprint density at radius 2 is 1.66 bits per heavy atom. The molecule has 0 spiro atoms. The molecule has 1 atom stereocenters. The first kappa shape index (κ1) is 34.0. The zero-order chi connectivity index (χ0) is 32.0. The fourth-order valence-corrected chi connectivity index (χ4v) is 6.26. The van der Waals surface area contributed by atoms with Gasteiger partial charge in [0, 0.05) is 55.6 Å². The Bertz CT molecular complexity index is 1600. The molecule has 6 rings (SSSR count). The molecular formula is C33H42ClN11O2. The maximum atomic E-state index is 14.0. The van der Waals surface area contributed by atoms with E-state index in [9.17, 15) is 9.59 Å². The summed E-state index contributed by atoms with van der Waals surface area (Å²) in [6, 6.07) is 13.9. The molecule has 1 aliphatic heterocycles. The number of nitrogens with zero attached hydrogens (tertiary/aromatic N) is 8. The molecule has 2 fully saturated rings. The first-order valence-electron chi connectivity index (χ1n) is 15.9. The van der Waals surface area contributed by atoms with Crippen LogP contribution in [-0.2, 0) is 16.0 Å². The van der Waals surface area contributed by atoms with Crippen molar-refractivity contribution < 1.29 is 9.59 Å². The van der Waals surface area contributed by atoms with Crippen LogP contribution in [0, 0.1) is 11.8 Å². The highest BCUT2D eigenvalue weighted by molar-refractivity contribution is 6.17. The van der Waals surface area contributed by atoms with Crippen molar-refractivity contribution in [2.75, 3.05) is 49.6 Å². The van der Waals surface area contributed by atoms with Gasteiger partial charge in [-0.15, -0.1) is 22.6 Å². The summed E-state index contributed by atoms with van der Waals surface area (Å²) in [6.45, 7) is 4.37. The monoisotopic (exact) mass is 659 g/mol. The second-order valence-corrected chi connectivity index (χ2v) is 12.3. The van der Waals surface area contributed by atoms with Crippen LogP contribution in [-0.4, -0.2) is 93.1 Å². The highest BCUT2D eigenvalue weighted by atomic mass is 35.5. The van der Waals surface area contributed by atoms with Crippen LogP contribution < -0.4 is 21.3 Å². The summed E-state index contributed by atoms with van der Waals surface area (Å²) in [4.78, 5) is 43.0. The third-order valence-electron chi connectivity index (χ3n) is 9.16. The predicted molar refractivity (Wildman–Crippen MR) is 183 cm³/mol. The Morgan fingerprint density at radius 3 is 2.30 bits per heavy atom. The quantitative estimate of drug-likeness (QED) is 0.241. The first-order valence-corrected chi connectivity index (χ1v) is 15.9. The second-order valence-electron chi connectivity index (χ2n) is 12.3. The molecule has 14 heteroatoms. The summed E-state index contributed by atoms with van der Waals surface area (Å²) in [5, 5.41) is 14.1. The Kier molecular flexibility index (Phi) is 11.2. The van der Waals surface area contributed by atoms with Gasteiger partial charge in [-0.1, -0.05) is 24.3 Å². The number of rotatable bonds is 9. The van der Waals surface area contributed by atoms with Crippen LogP contribution in [0.2, 0.25) is 0 Å². The van der Waals surface area contributed by atoms with Crippen molar-refractivity contribution in [3.63, 3.8) is 0 Å². The normalized spacial score (nSPS) is 19.1. The van der Waals surface area contributed by atoms with Gasteiger partial charge in [0.05, 0.1) is 11.7 Å². The van der Waals surface area contributed by atoms with Crippen molar-refractivity contribution >= 4 is 35.9 Å². The van der Waals surface area contributed by atoms with Crippen molar-refractivity contribution in [1.29, 1.82) is 0 Å². The average molecular weight is 660 g/mol. The van der Waals surface area contributed by atoms with E-state index in [0.717, 1.165) is 61.7 Å². The molecule has 5 N–H and O–H groups in total. The average Bonchev–Trinajstić information content (AvgIpc) is 3.65. The maximum absolute atomic E-state index is 14.0. The molecule has 13 nitrogen and oxygen atoms in total. The second kappa shape index (κ2) is 15.5. The Hall–Kier alpha value is -4.30. The number of hydrogen-bond acceptors (Lipinski definition) is 11. The van der Waals surface area contributed by atoms with Crippen LogP contribution in [0.4, 0.5) is 11.6 Å². The number of aromatic nitrogens is 6. The topological polar surface area (TPSA) is 176 Å². The summed E-state index contributed by atoms with van der Waals surface area (Å²) in [6.07, 6.45) is 7.05. The third kappa shape index (κ3) is 7.99. The number of tetrazole rings is 1. The summed E-state index contributed by atoms with van der Waals surface area (Å²) in [5.41, 5.74) is 16.3. The lowest BCUT2D eigenvalue weighted by Crippen LogP contribution is -2.50. The zero-order valence-electron chi connectivity index (χ0n) is 26.5. The molecule has 0 radical (unpaired) electrons. The van der Waals surface area contributed by atoms with E-state index in [0.29, 0.717) is 42.4 Å². The predicted octanol–water partition coefficient (Wildman–Crippen LogP) is 2.69. The van der Waals surface area contributed by atoms with Gasteiger partial charge in [-0.25, -0.2) is 14.9 Å². The molecule has 1 saturated heterocycles. The fraction of sp³-hybridized carbons (Fsp3) is 0.424. The molecule has 47 heavy (non-hydrogen) atoms. The standard InChI is InChI=1S/C33H41N11O2.ClH/c1-42-13-15-43(16-14-42)33-36-20-27(21-37-33)26-4-2-3-23(17-26)18-29(35)32(46)44(31(45)25-7-5-22(19-34)6-8-25)28-11-9-24(10-12-28)30-38-40-41-39-30;/h2-4,9-12,17,20-22,25,29H,5-8,13-16,18-19,34-35H2,1H3,(H,38,39,40,41);1H/t22?,25?,29-;/m0./s1. The molecule has 2 aromatic carbocycles.